The number of hydrogen-bond acceptors (Lipinski definition) is 2. The van der Waals surface area contributed by atoms with E-state index < -0.39 is 5.97 Å². The van der Waals surface area contributed by atoms with Gasteiger partial charge >= 0.3 is 5.97 Å². The van der Waals surface area contributed by atoms with Gasteiger partial charge in [0.2, 0.25) is 0 Å². The maximum atomic E-state index is 11.0. The second-order valence-corrected chi connectivity index (χ2v) is 5.12. The van der Waals surface area contributed by atoms with Gasteiger partial charge < -0.3 is 9.84 Å². The smallest absolute Gasteiger partial charge is 0.307 e. The molecule has 3 rings (SSSR count). The van der Waals surface area contributed by atoms with Crippen molar-refractivity contribution in [3.8, 4) is 16.9 Å². The summed E-state index contributed by atoms with van der Waals surface area (Å²) in [6, 6.07) is 19.6. The van der Waals surface area contributed by atoms with Gasteiger partial charge in [0.25, 0.3) is 0 Å². The van der Waals surface area contributed by atoms with E-state index in [0.29, 0.717) is 0 Å². The molecule has 0 aliphatic heterocycles. The second kappa shape index (κ2) is 5.90. The highest BCUT2D eigenvalue weighted by Gasteiger charge is 2.09. The zero-order chi connectivity index (χ0) is 15.5. The molecule has 0 spiro atoms. The lowest BCUT2D eigenvalue weighted by Crippen LogP contribution is -2.01. The van der Waals surface area contributed by atoms with Gasteiger partial charge in [-0.3, -0.25) is 4.79 Å². The predicted molar refractivity (Wildman–Crippen MR) is 87.3 cm³/mol. The molecule has 110 valence electrons. The summed E-state index contributed by atoms with van der Waals surface area (Å²) in [5.74, 6) is 0.0118. The first-order chi connectivity index (χ1) is 10.7. The van der Waals surface area contributed by atoms with Gasteiger partial charge in [-0.2, -0.15) is 0 Å². The molecule has 3 nitrogen and oxygen atoms in total. The Hall–Kier alpha value is -2.81. The average molecular weight is 292 g/mol. The number of carboxylic acids is 1. The predicted octanol–water partition coefficient (Wildman–Crippen LogP) is 4.14. The van der Waals surface area contributed by atoms with E-state index in [0.717, 1.165) is 33.2 Å². The van der Waals surface area contributed by atoms with Gasteiger partial charge in [0.05, 0.1) is 13.5 Å². The van der Waals surface area contributed by atoms with Gasteiger partial charge in [0, 0.05) is 5.39 Å². The molecule has 0 unspecified atom stereocenters. The summed E-state index contributed by atoms with van der Waals surface area (Å²) in [6.07, 6.45) is 0.0202. The number of rotatable bonds is 4. The van der Waals surface area contributed by atoms with Crippen LogP contribution in [0.5, 0.6) is 5.75 Å². The zero-order valence-corrected chi connectivity index (χ0v) is 12.2. The minimum atomic E-state index is -0.824. The Morgan fingerprint density at radius 3 is 2.64 bits per heavy atom. The first-order valence-electron chi connectivity index (χ1n) is 7.06. The lowest BCUT2D eigenvalue weighted by molar-refractivity contribution is -0.136. The molecule has 0 atom stereocenters. The molecular weight excluding hydrogens is 276 g/mol. The SMILES string of the molecule is COc1cccc2cc(-c3ccccc3CC(=O)O)ccc12. The third-order valence-electron chi connectivity index (χ3n) is 3.73. The lowest BCUT2D eigenvalue weighted by Gasteiger charge is -2.10. The molecule has 1 N–H and O–H groups in total. The Labute approximate surface area is 128 Å². The highest BCUT2D eigenvalue weighted by atomic mass is 16.5. The van der Waals surface area contributed by atoms with E-state index in [4.69, 9.17) is 9.84 Å². The van der Waals surface area contributed by atoms with Crippen molar-refractivity contribution in [2.24, 2.45) is 0 Å². The van der Waals surface area contributed by atoms with Crippen molar-refractivity contribution in [2.75, 3.05) is 7.11 Å². The van der Waals surface area contributed by atoms with E-state index in [-0.39, 0.29) is 6.42 Å². The normalized spacial score (nSPS) is 10.6. The third kappa shape index (κ3) is 2.66. The molecule has 0 fully saturated rings. The highest BCUT2D eigenvalue weighted by Crippen LogP contribution is 2.31. The number of carboxylic acid groups (broad SMARTS) is 1. The van der Waals surface area contributed by atoms with Crippen LogP contribution in [0.2, 0.25) is 0 Å². The van der Waals surface area contributed by atoms with Gasteiger partial charge in [-0.15, -0.1) is 0 Å². The number of benzene rings is 3. The van der Waals surface area contributed by atoms with E-state index in [2.05, 4.69) is 6.07 Å². The fourth-order valence-corrected chi connectivity index (χ4v) is 2.72. The van der Waals surface area contributed by atoms with Crippen LogP contribution in [-0.2, 0) is 11.2 Å². The standard InChI is InChI=1S/C19H16O3/c1-22-18-8-4-6-13-11-15(9-10-17(13)18)16-7-3-2-5-14(16)12-19(20)21/h2-11H,12H2,1H3,(H,20,21). The maximum absolute atomic E-state index is 11.0. The monoisotopic (exact) mass is 292 g/mol. The largest absolute Gasteiger partial charge is 0.496 e. The number of ether oxygens (including phenoxy) is 1. The van der Waals surface area contributed by atoms with Crippen LogP contribution in [0.4, 0.5) is 0 Å². The van der Waals surface area contributed by atoms with Gasteiger partial charge in [-0.05, 0) is 34.2 Å². The van der Waals surface area contributed by atoms with Crippen molar-refractivity contribution < 1.29 is 14.6 Å². The molecule has 3 heteroatoms. The number of aliphatic carboxylic acids is 1. The minimum Gasteiger partial charge on any atom is -0.496 e. The van der Waals surface area contributed by atoms with Crippen molar-refractivity contribution in [1.29, 1.82) is 0 Å². The van der Waals surface area contributed by atoms with E-state index >= 15 is 0 Å². The summed E-state index contributed by atoms with van der Waals surface area (Å²) in [5, 5.41) is 11.2. The molecule has 0 aliphatic carbocycles. The van der Waals surface area contributed by atoms with E-state index in [1.807, 2.05) is 54.6 Å². The quantitative estimate of drug-likeness (QED) is 0.786. The summed E-state index contributed by atoms with van der Waals surface area (Å²) in [6.45, 7) is 0. The van der Waals surface area contributed by atoms with Crippen LogP contribution in [0, 0.1) is 0 Å². The average Bonchev–Trinajstić information content (AvgIpc) is 2.53. The number of methoxy groups -OCH3 is 1. The minimum absolute atomic E-state index is 0.0202. The van der Waals surface area contributed by atoms with Gasteiger partial charge in [-0.25, -0.2) is 0 Å². The Bertz CT molecular complexity index is 837. The maximum Gasteiger partial charge on any atom is 0.307 e. The topological polar surface area (TPSA) is 46.5 Å². The molecule has 0 aliphatic rings. The molecule has 0 saturated heterocycles. The fraction of sp³-hybridized carbons (Fsp3) is 0.105. The molecule has 3 aromatic rings. The highest BCUT2D eigenvalue weighted by molar-refractivity contribution is 5.92. The van der Waals surface area contributed by atoms with Gasteiger partial charge in [0.1, 0.15) is 5.75 Å². The van der Waals surface area contributed by atoms with Gasteiger partial charge in [-0.1, -0.05) is 48.5 Å². The molecule has 3 aromatic carbocycles. The Kier molecular flexibility index (Phi) is 3.79. The van der Waals surface area contributed by atoms with Crippen molar-refractivity contribution in [2.45, 2.75) is 6.42 Å². The number of carbonyl (C=O) groups is 1. The van der Waals surface area contributed by atoms with Crippen molar-refractivity contribution >= 4 is 16.7 Å². The first-order valence-corrected chi connectivity index (χ1v) is 7.06. The molecule has 22 heavy (non-hydrogen) atoms. The van der Waals surface area contributed by atoms with Crippen molar-refractivity contribution in [3.05, 3.63) is 66.2 Å². The molecule has 0 bridgehead atoms. The molecular formula is C19H16O3. The summed E-state index contributed by atoms with van der Waals surface area (Å²) in [7, 11) is 1.66. The summed E-state index contributed by atoms with van der Waals surface area (Å²) < 4.78 is 5.37. The summed E-state index contributed by atoms with van der Waals surface area (Å²) in [4.78, 5) is 11.0. The Morgan fingerprint density at radius 1 is 1.05 bits per heavy atom. The molecule has 0 heterocycles. The van der Waals surface area contributed by atoms with Crippen molar-refractivity contribution in [3.63, 3.8) is 0 Å². The molecule has 0 amide bonds. The number of fused-ring (bicyclic) bond motifs is 1. The van der Waals surface area contributed by atoms with Crippen LogP contribution < -0.4 is 4.74 Å². The second-order valence-electron chi connectivity index (χ2n) is 5.12. The van der Waals surface area contributed by atoms with E-state index in [9.17, 15) is 4.79 Å². The van der Waals surface area contributed by atoms with Gasteiger partial charge in [0.15, 0.2) is 0 Å². The zero-order valence-electron chi connectivity index (χ0n) is 12.2. The lowest BCUT2D eigenvalue weighted by atomic mass is 9.95. The van der Waals surface area contributed by atoms with Crippen LogP contribution >= 0.6 is 0 Å². The van der Waals surface area contributed by atoms with Crippen LogP contribution in [0.1, 0.15) is 5.56 Å². The van der Waals surface area contributed by atoms with Crippen molar-refractivity contribution in [1.82, 2.24) is 0 Å². The van der Waals surface area contributed by atoms with Crippen LogP contribution in [0.15, 0.2) is 60.7 Å². The first kappa shape index (κ1) is 14.1. The fourth-order valence-electron chi connectivity index (χ4n) is 2.72. The Morgan fingerprint density at radius 2 is 1.86 bits per heavy atom. The van der Waals surface area contributed by atoms with Crippen LogP contribution in [0.25, 0.3) is 21.9 Å². The summed E-state index contributed by atoms with van der Waals surface area (Å²) >= 11 is 0. The number of hydrogen-bond donors (Lipinski definition) is 1. The molecule has 0 radical (unpaired) electrons. The molecule has 0 aromatic heterocycles. The summed E-state index contributed by atoms with van der Waals surface area (Å²) in [5.41, 5.74) is 2.78. The Balaban J connectivity index is 2.13. The third-order valence-corrected chi connectivity index (χ3v) is 3.73. The van der Waals surface area contributed by atoms with Crippen LogP contribution in [0.3, 0.4) is 0 Å². The van der Waals surface area contributed by atoms with E-state index in [1.54, 1.807) is 7.11 Å². The van der Waals surface area contributed by atoms with E-state index in [1.165, 1.54) is 0 Å². The molecule has 0 saturated carbocycles. The van der Waals surface area contributed by atoms with Crippen LogP contribution in [-0.4, -0.2) is 18.2 Å².